The van der Waals surface area contributed by atoms with E-state index < -0.39 is 23.7 Å². The minimum atomic E-state index is -1.07. The number of amides is 1. The molecule has 0 aliphatic carbocycles. The molecule has 0 bridgehead atoms. The monoisotopic (exact) mass is 443 g/mol. The zero-order chi connectivity index (χ0) is 20.4. The molecule has 3 rings (SSSR count). The van der Waals surface area contributed by atoms with E-state index in [1.807, 2.05) is 6.92 Å². The fourth-order valence-corrected chi connectivity index (χ4v) is 3.45. The molecular weight excluding hydrogens is 426 g/mol. The first kappa shape index (κ1) is 19.8. The number of ketones is 1. The smallest absolute Gasteiger partial charge is 0.305 e. The summed E-state index contributed by atoms with van der Waals surface area (Å²) in [5, 5.41) is 19.8. The topological polar surface area (TPSA) is 94.9 Å². The summed E-state index contributed by atoms with van der Waals surface area (Å²) in [5.74, 6) is -2.99. The van der Waals surface area contributed by atoms with Crippen molar-refractivity contribution in [3.05, 3.63) is 75.3 Å². The van der Waals surface area contributed by atoms with E-state index in [-0.39, 0.29) is 24.3 Å². The predicted octanol–water partition coefficient (Wildman–Crippen LogP) is 3.65. The maximum absolute atomic E-state index is 12.7. The number of aryl methyl sites for hydroxylation is 1. The van der Waals surface area contributed by atoms with Gasteiger partial charge < -0.3 is 15.1 Å². The van der Waals surface area contributed by atoms with Crippen LogP contribution < -0.4 is 0 Å². The van der Waals surface area contributed by atoms with Crippen molar-refractivity contribution in [1.29, 1.82) is 0 Å². The molecule has 2 aromatic carbocycles. The number of nitrogens with zero attached hydrogens (tertiary/aromatic N) is 1. The summed E-state index contributed by atoms with van der Waals surface area (Å²) in [5.41, 5.74) is 1.98. The van der Waals surface area contributed by atoms with E-state index in [9.17, 15) is 19.5 Å². The molecule has 1 aliphatic rings. The van der Waals surface area contributed by atoms with E-state index >= 15 is 0 Å². The van der Waals surface area contributed by atoms with Crippen molar-refractivity contribution >= 4 is 39.3 Å². The highest BCUT2D eigenvalue weighted by Crippen LogP contribution is 2.39. The van der Waals surface area contributed by atoms with Crippen LogP contribution in [0.3, 0.4) is 0 Å². The molecule has 6 nitrogen and oxygen atoms in total. The highest BCUT2D eigenvalue weighted by atomic mass is 79.9. The predicted molar refractivity (Wildman–Crippen MR) is 107 cm³/mol. The number of hydrogen-bond donors (Lipinski definition) is 2. The number of Topliss-reactive ketones (excluding diaryl/α,β-unsaturated/α-hetero) is 1. The van der Waals surface area contributed by atoms with Crippen molar-refractivity contribution in [3.63, 3.8) is 0 Å². The maximum atomic E-state index is 12.7. The average molecular weight is 444 g/mol. The minimum absolute atomic E-state index is 0.0402. The standard InChI is InChI=1S/C21H18BrNO5/c1-12-2-4-14(5-3-12)19(26)17-18(13-6-8-15(22)9-7-13)23(11-10-16(24)25)21(28)20(17)27/h2-9,18,26H,10-11H2,1H3,(H,24,25)/t18-/m0/s1. The number of halogens is 1. The lowest BCUT2D eigenvalue weighted by Gasteiger charge is -2.24. The lowest BCUT2D eigenvalue weighted by Crippen LogP contribution is -2.31. The van der Waals surface area contributed by atoms with E-state index in [1.54, 1.807) is 48.5 Å². The Kier molecular flexibility index (Phi) is 5.65. The Morgan fingerprint density at radius 1 is 1.04 bits per heavy atom. The van der Waals surface area contributed by atoms with Crippen LogP contribution in [0.25, 0.3) is 5.76 Å². The molecule has 144 valence electrons. The fraction of sp³-hybridized carbons (Fsp3) is 0.190. The van der Waals surface area contributed by atoms with Gasteiger partial charge in [0.2, 0.25) is 0 Å². The average Bonchev–Trinajstić information content (AvgIpc) is 2.91. The van der Waals surface area contributed by atoms with E-state index in [1.165, 1.54) is 4.90 Å². The van der Waals surface area contributed by atoms with Gasteiger partial charge in [-0.05, 0) is 24.6 Å². The van der Waals surface area contributed by atoms with E-state index in [0.717, 1.165) is 10.0 Å². The third kappa shape index (κ3) is 3.84. The second-order valence-electron chi connectivity index (χ2n) is 6.55. The molecule has 7 heteroatoms. The zero-order valence-electron chi connectivity index (χ0n) is 15.1. The number of carbonyl (C=O) groups is 3. The lowest BCUT2D eigenvalue weighted by atomic mass is 9.95. The number of likely N-dealkylation sites (tertiary alicyclic amines) is 1. The van der Waals surface area contributed by atoms with Gasteiger partial charge in [-0.1, -0.05) is 57.9 Å². The van der Waals surface area contributed by atoms with Crippen LogP contribution in [0.4, 0.5) is 0 Å². The van der Waals surface area contributed by atoms with Gasteiger partial charge in [0.25, 0.3) is 11.7 Å². The Morgan fingerprint density at radius 3 is 2.21 bits per heavy atom. The number of aliphatic hydroxyl groups is 1. The Bertz CT molecular complexity index is 963. The molecule has 0 unspecified atom stereocenters. The number of carboxylic acid groups (broad SMARTS) is 1. The summed E-state index contributed by atoms with van der Waals surface area (Å²) >= 11 is 3.34. The molecule has 1 aliphatic heterocycles. The van der Waals surface area contributed by atoms with Crippen LogP contribution >= 0.6 is 15.9 Å². The first-order chi connectivity index (χ1) is 13.3. The lowest BCUT2D eigenvalue weighted by molar-refractivity contribution is -0.142. The van der Waals surface area contributed by atoms with Gasteiger partial charge in [-0.3, -0.25) is 14.4 Å². The van der Waals surface area contributed by atoms with Crippen molar-refractivity contribution in [2.24, 2.45) is 0 Å². The van der Waals surface area contributed by atoms with Crippen molar-refractivity contribution in [2.45, 2.75) is 19.4 Å². The number of carboxylic acids is 1. The molecule has 2 aromatic rings. The normalized spacial score (nSPS) is 18.5. The largest absolute Gasteiger partial charge is 0.507 e. The molecule has 0 radical (unpaired) electrons. The van der Waals surface area contributed by atoms with Gasteiger partial charge in [-0.25, -0.2) is 0 Å². The Labute approximate surface area is 170 Å². The van der Waals surface area contributed by atoms with Crippen molar-refractivity contribution < 1.29 is 24.6 Å². The molecular formula is C21H18BrNO5. The van der Waals surface area contributed by atoms with Gasteiger partial charge in [-0.15, -0.1) is 0 Å². The summed E-state index contributed by atoms with van der Waals surface area (Å²) in [7, 11) is 0. The highest BCUT2D eigenvalue weighted by molar-refractivity contribution is 9.10. The first-order valence-corrected chi connectivity index (χ1v) is 9.41. The summed E-state index contributed by atoms with van der Waals surface area (Å²) in [4.78, 5) is 37.5. The molecule has 0 saturated carbocycles. The number of hydrogen-bond acceptors (Lipinski definition) is 4. The molecule has 1 saturated heterocycles. The molecule has 28 heavy (non-hydrogen) atoms. The van der Waals surface area contributed by atoms with E-state index in [0.29, 0.717) is 11.1 Å². The SMILES string of the molecule is Cc1ccc(C(O)=C2C(=O)C(=O)N(CCC(=O)O)[C@H]2c2ccc(Br)cc2)cc1. The highest BCUT2D eigenvalue weighted by Gasteiger charge is 2.46. The molecule has 1 amide bonds. The van der Waals surface area contributed by atoms with Gasteiger partial charge in [0.1, 0.15) is 5.76 Å². The summed E-state index contributed by atoms with van der Waals surface area (Å²) in [6.07, 6.45) is -0.301. The van der Waals surface area contributed by atoms with Crippen LogP contribution in [0.1, 0.15) is 29.2 Å². The maximum Gasteiger partial charge on any atom is 0.305 e. The second kappa shape index (κ2) is 7.98. The van der Waals surface area contributed by atoms with Crippen molar-refractivity contribution in [2.75, 3.05) is 6.54 Å². The molecule has 2 N–H and O–H groups in total. The zero-order valence-corrected chi connectivity index (χ0v) is 16.6. The van der Waals surface area contributed by atoms with Gasteiger partial charge in [0.05, 0.1) is 18.0 Å². The number of aliphatic carboxylic acids is 1. The Balaban J connectivity index is 2.14. The fourth-order valence-electron chi connectivity index (χ4n) is 3.19. The summed E-state index contributed by atoms with van der Waals surface area (Å²) < 4.78 is 0.817. The second-order valence-corrected chi connectivity index (χ2v) is 7.47. The molecule has 1 atom stereocenters. The van der Waals surface area contributed by atoms with Crippen molar-refractivity contribution in [1.82, 2.24) is 4.90 Å². The molecule has 1 heterocycles. The van der Waals surface area contributed by atoms with Crippen LogP contribution in [0.5, 0.6) is 0 Å². The third-order valence-electron chi connectivity index (χ3n) is 4.62. The Morgan fingerprint density at radius 2 is 1.64 bits per heavy atom. The molecule has 0 spiro atoms. The van der Waals surface area contributed by atoms with E-state index in [4.69, 9.17) is 5.11 Å². The van der Waals surface area contributed by atoms with Gasteiger partial charge in [0, 0.05) is 16.6 Å². The third-order valence-corrected chi connectivity index (χ3v) is 5.15. The van der Waals surface area contributed by atoms with Crippen LogP contribution in [-0.4, -0.2) is 39.3 Å². The van der Waals surface area contributed by atoms with Gasteiger partial charge >= 0.3 is 5.97 Å². The van der Waals surface area contributed by atoms with Crippen molar-refractivity contribution in [3.8, 4) is 0 Å². The number of aliphatic hydroxyl groups excluding tert-OH is 1. The van der Waals surface area contributed by atoms with Gasteiger partial charge in [-0.2, -0.15) is 0 Å². The van der Waals surface area contributed by atoms with Crippen LogP contribution in [0.15, 0.2) is 58.6 Å². The minimum Gasteiger partial charge on any atom is -0.507 e. The summed E-state index contributed by atoms with van der Waals surface area (Å²) in [6, 6.07) is 13.1. The van der Waals surface area contributed by atoms with Gasteiger partial charge in [0.15, 0.2) is 0 Å². The molecule has 0 aromatic heterocycles. The van der Waals surface area contributed by atoms with Crippen LogP contribution in [0, 0.1) is 6.92 Å². The summed E-state index contributed by atoms with van der Waals surface area (Å²) in [6.45, 7) is 1.77. The number of benzene rings is 2. The first-order valence-electron chi connectivity index (χ1n) is 8.62. The van der Waals surface area contributed by atoms with E-state index in [2.05, 4.69) is 15.9 Å². The number of rotatable bonds is 5. The van der Waals surface area contributed by atoms with Crippen LogP contribution in [0.2, 0.25) is 0 Å². The quantitative estimate of drug-likeness (QED) is 0.417. The Hall–Kier alpha value is -2.93. The molecule has 1 fully saturated rings. The van der Waals surface area contributed by atoms with Crippen LogP contribution in [-0.2, 0) is 14.4 Å². The number of carbonyl (C=O) groups excluding carboxylic acids is 2.